The number of carbonyl (C=O) groups is 1. The van der Waals surface area contributed by atoms with Crippen molar-refractivity contribution in [1.82, 2.24) is 20.1 Å². The number of anilines is 1. The van der Waals surface area contributed by atoms with Gasteiger partial charge in [0.1, 0.15) is 5.82 Å². The van der Waals surface area contributed by atoms with Gasteiger partial charge in [-0.3, -0.25) is 4.79 Å². The Morgan fingerprint density at radius 2 is 1.91 bits per heavy atom. The fourth-order valence-electron chi connectivity index (χ4n) is 5.98. The minimum atomic E-state index is 0.0559. The maximum absolute atomic E-state index is 13.0. The zero-order valence-corrected chi connectivity index (χ0v) is 20.9. The van der Waals surface area contributed by atoms with Gasteiger partial charge in [0.25, 0.3) is 0 Å². The molecule has 180 valence electrons. The van der Waals surface area contributed by atoms with Gasteiger partial charge in [0.05, 0.1) is 5.92 Å². The number of thiophene rings is 1. The third kappa shape index (κ3) is 5.52. The smallest absolute Gasteiger partial charge is 0.224 e. The van der Waals surface area contributed by atoms with Gasteiger partial charge in [0.2, 0.25) is 5.91 Å². The lowest BCUT2D eigenvalue weighted by Crippen LogP contribution is -2.49. The predicted molar refractivity (Wildman–Crippen MR) is 137 cm³/mol. The molecule has 1 N–H and O–H groups in total. The van der Waals surface area contributed by atoms with Gasteiger partial charge in [-0.15, -0.1) is 11.3 Å². The lowest BCUT2D eigenvalue weighted by atomic mass is 9.97. The summed E-state index contributed by atoms with van der Waals surface area (Å²) in [5.74, 6) is 1.32. The van der Waals surface area contributed by atoms with Gasteiger partial charge < -0.3 is 20.0 Å². The molecule has 0 spiro atoms. The molecule has 0 aromatic carbocycles. The summed E-state index contributed by atoms with van der Waals surface area (Å²) in [6.07, 6.45) is 10.7. The molecule has 5 rings (SSSR count). The van der Waals surface area contributed by atoms with Gasteiger partial charge in [-0.1, -0.05) is 6.42 Å². The molecule has 5 heterocycles. The summed E-state index contributed by atoms with van der Waals surface area (Å²) >= 11 is 1.82. The summed E-state index contributed by atoms with van der Waals surface area (Å²) in [4.78, 5) is 26.6. The molecule has 1 atom stereocenters. The lowest BCUT2D eigenvalue weighted by Gasteiger charge is -2.40. The predicted octanol–water partition coefficient (Wildman–Crippen LogP) is 3.89. The van der Waals surface area contributed by atoms with Gasteiger partial charge in [0.15, 0.2) is 0 Å². The molecule has 0 saturated carbocycles. The van der Waals surface area contributed by atoms with E-state index < -0.39 is 0 Å². The minimum Gasteiger partial charge on any atom is -0.355 e. The summed E-state index contributed by atoms with van der Waals surface area (Å²) in [5.41, 5.74) is 0. The Hall–Kier alpha value is -1.70. The van der Waals surface area contributed by atoms with E-state index in [4.69, 9.17) is 4.98 Å². The van der Waals surface area contributed by atoms with Gasteiger partial charge in [0, 0.05) is 53.4 Å². The van der Waals surface area contributed by atoms with Gasteiger partial charge in [-0.05, 0) is 83.8 Å². The number of fused-ring (bicyclic) bond motifs is 1. The highest BCUT2D eigenvalue weighted by Crippen LogP contribution is 2.33. The first kappa shape index (κ1) is 23.1. The highest BCUT2D eigenvalue weighted by Gasteiger charge is 2.28. The number of rotatable bonds is 6. The highest BCUT2D eigenvalue weighted by molar-refractivity contribution is 7.19. The number of piperidine rings is 3. The Balaban J connectivity index is 1.07. The number of likely N-dealkylation sites (tertiary alicyclic amines) is 2. The van der Waals surface area contributed by atoms with Gasteiger partial charge in [-0.2, -0.15) is 0 Å². The van der Waals surface area contributed by atoms with Crippen molar-refractivity contribution < 1.29 is 4.79 Å². The molecule has 33 heavy (non-hydrogen) atoms. The van der Waals surface area contributed by atoms with Crippen LogP contribution in [-0.4, -0.2) is 79.1 Å². The van der Waals surface area contributed by atoms with Crippen LogP contribution in [0.3, 0.4) is 0 Å². The Morgan fingerprint density at radius 3 is 2.73 bits per heavy atom. The highest BCUT2D eigenvalue weighted by atomic mass is 32.1. The van der Waals surface area contributed by atoms with Crippen molar-refractivity contribution in [1.29, 1.82) is 0 Å². The third-order valence-electron chi connectivity index (χ3n) is 7.83. The summed E-state index contributed by atoms with van der Waals surface area (Å²) < 4.78 is 1.29. The minimum absolute atomic E-state index is 0.0559. The van der Waals surface area contributed by atoms with Crippen molar-refractivity contribution >= 4 is 33.1 Å². The van der Waals surface area contributed by atoms with Crippen molar-refractivity contribution in [3.8, 4) is 0 Å². The SMILES string of the molecule is Cc1cc2c(N3CCCC(C(=O)NCCN4CCC(N5CCCCC5)CC4)C3)nccc2s1. The van der Waals surface area contributed by atoms with E-state index in [1.54, 1.807) is 0 Å². The molecular formula is C26H39N5OS. The lowest BCUT2D eigenvalue weighted by molar-refractivity contribution is -0.125. The third-order valence-corrected chi connectivity index (χ3v) is 8.85. The van der Waals surface area contributed by atoms with Crippen molar-refractivity contribution in [3.63, 3.8) is 0 Å². The van der Waals surface area contributed by atoms with Crippen LogP contribution in [0.2, 0.25) is 0 Å². The molecule has 6 nitrogen and oxygen atoms in total. The quantitative estimate of drug-likeness (QED) is 0.696. The standard InChI is InChI=1S/C26H39N5OS/c1-20-18-23-24(33-20)7-10-27-25(23)31-14-5-6-21(19-31)26(32)28-11-17-29-15-8-22(9-16-29)30-12-3-2-4-13-30/h7,10,18,21-22H,2-6,8-9,11-17,19H2,1H3,(H,28,32). The molecule has 3 aliphatic rings. The normalized spacial score (nSPS) is 23.8. The Morgan fingerprint density at radius 1 is 1.09 bits per heavy atom. The fourth-order valence-corrected chi connectivity index (χ4v) is 6.90. The van der Waals surface area contributed by atoms with E-state index in [2.05, 4.69) is 39.1 Å². The van der Waals surface area contributed by atoms with Crippen molar-refractivity contribution in [2.75, 3.05) is 57.3 Å². The second-order valence-electron chi connectivity index (χ2n) is 10.1. The fraction of sp³-hybridized carbons (Fsp3) is 0.692. The van der Waals surface area contributed by atoms with Crippen LogP contribution in [0.25, 0.3) is 10.1 Å². The summed E-state index contributed by atoms with van der Waals surface area (Å²) in [6.45, 7) is 10.6. The first-order valence-electron chi connectivity index (χ1n) is 13.0. The van der Waals surface area contributed by atoms with E-state index in [1.165, 1.54) is 73.2 Å². The molecule has 2 aromatic rings. The molecule has 0 aliphatic carbocycles. The van der Waals surface area contributed by atoms with Crippen molar-refractivity contribution in [3.05, 3.63) is 23.2 Å². The average Bonchev–Trinajstić information content (AvgIpc) is 3.25. The molecular weight excluding hydrogens is 430 g/mol. The van der Waals surface area contributed by atoms with Gasteiger partial charge >= 0.3 is 0 Å². The van der Waals surface area contributed by atoms with E-state index >= 15 is 0 Å². The van der Waals surface area contributed by atoms with Crippen LogP contribution in [0.15, 0.2) is 18.3 Å². The largest absolute Gasteiger partial charge is 0.355 e. The number of hydrogen-bond acceptors (Lipinski definition) is 6. The second kappa shape index (κ2) is 10.7. The van der Waals surface area contributed by atoms with E-state index in [1.807, 2.05) is 17.5 Å². The number of amides is 1. The maximum atomic E-state index is 13.0. The van der Waals surface area contributed by atoms with Crippen molar-refractivity contribution in [2.24, 2.45) is 5.92 Å². The number of hydrogen-bond donors (Lipinski definition) is 1. The summed E-state index contributed by atoms with van der Waals surface area (Å²) in [5, 5.41) is 4.48. The van der Waals surface area contributed by atoms with Crippen LogP contribution >= 0.6 is 11.3 Å². The molecule has 7 heteroatoms. The Labute approximate surface area is 202 Å². The molecule has 2 aromatic heterocycles. The Bertz CT molecular complexity index is 932. The number of aromatic nitrogens is 1. The molecule has 1 unspecified atom stereocenters. The van der Waals surface area contributed by atoms with E-state index in [0.29, 0.717) is 0 Å². The Kier molecular flexibility index (Phi) is 7.48. The molecule has 3 fully saturated rings. The number of nitrogens with zero attached hydrogens (tertiary/aromatic N) is 4. The molecule has 0 bridgehead atoms. The van der Waals surface area contributed by atoms with Crippen molar-refractivity contribution in [2.45, 2.75) is 57.9 Å². The topological polar surface area (TPSA) is 51.7 Å². The zero-order chi connectivity index (χ0) is 22.6. The van der Waals surface area contributed by atoms with E-state index in [0.717, 1.165) is 50.9 Å². The molecule has 3 saturated heterocycles. The van der Waals surface area contributed by atoms with Crippen LogP contribution in [0.1, 0.15) is 49.8 Å². The summed E-state index contributed by atoms with van der Waals surface area (Å²) in [6, 6.07) is 5.12. The van der Waals surface area contributed by atoms with E-state index in [-0.39, 0.29) is 11.8 Å². The number of carbonyl (C=O) groups excluding carboxylic acids is 1. The number of nitrogens with one attached hydrogen (secondary N) is 1. The second-order valence-corrected chi connectivity index (χ2v) is 11.4. The molecule has 0 radical (unpaired) electrons. The van der Waals surface area contributed by atoms with Crippen LogP contribution in [-0.2, 0) is 4.79 Å². The zero-order valence-electron chi connectivity index (χ0n) is 20.1. The number of aryl methyl sites for hydroxylation is 1. The summed E-state index contributed by atoms with van der Waals surface area (Å²) in [7, 11) is 0. The molecule has 3 aliphatic heterocycles. The maximum Gasteiger partial charge on any atom is 0.224 e. The van der Waals surface area contributed by atoms with Crippen LogP contribution in [0.5, 0.6) is 0 Å². The van der Waals surface area contributed by atoms with E-state index in [9.17, 15) is 4.79 Å². The van der Waals surface area contributed by atoms with Crippen LogP contribution < -0.4 is 10.2 Å². The molecule has 1 amide bonds. The first-order chi connectivity index (χ1) is 16.2. The first-order valence-corrected chi connectivity index (χ1v) is 13.8. The average molecular weight is 470 g/mol. The van der Waals surface area contributed by atoms with Crippen LogP contribution in [0, 0.1) is 12.8 Å². The monoisotopic (exact) mass is 469 g/mol. The number of pyridine rings is 1. The van der Waals surface area contributed by atoms with Crippen LogP contribution in [0.4, 0.5) is 5.82 Å². The van der Waals surface area contributed by atoms with Gasteiger partial charge in [-0.25, -0.2) is 4.98 Å².